The lowest BCUT2D eigenvalue weighted by atomic mass is 10.1. The number of carboxylic acid groups (broad SMARTS) is 1. The third-order valence-corrected chi connectivity index (χ3v) is 5.74. The van der Waals surface area contributed by atoms with Crippen molar-refractivity contribution in [2.24, 2.45) is 0 Å². The number of carbonyl (C=O) groups excluding carboxylic acids is 2. The fourth-order valence-corrected chi connectivity index (χ4v) is 3.86. The molecule has 0 saturated heterocycles. The Morgan fingerprint density at radius 2 is 1.83 bits per heavy atom. The number of anilines is 1. The van der Waals surface area contributed by atoms with Gasteiger partial charge < -0.3 is 26.2 Å². The summed E-state index contributed by atoms with van der Waals surface area (Å²) < 4.78 is 0. The number of phenolic OH excluding ortho intramolecular Hbond substituents is 1. The number of phenols is 1. The molecular weight excluding hydrogens is 470 g/mol. The van der Waals surface area contributed by atoms with E-state index < -0.39 is 23.8 Å². The first-order chi connectivity index (χ1) is 16.7. The molecule has 1 atom stereocenters. The number of rotatable bonds is 10. The third-order valence-electron chi connectivity index (χ3n) is 4.87. The number of carbonyl (C=O) groups is 3. The first-order valence-corrected chi connectivity index (χ1v) is 11.5. The molecule has 0 spiro atoms. The lowest BCUT2D eigenvalue weighted by molar-refractivity contribution is -0.139. The second-order valence-corrected chi connectivity index (χ2v) is 8.47. The second kappa shape index (κ2) is 11.7. The number of benzene rings is 1. The molecule has 182 valence electrons. The lowest BCUT2D eigenvalue weighted by Gasteiger charge is -2.17. The van der Waals surface area contributed by atoms with Gasteiger partial charge in [-0.3, -0.25) is 9.59 Å². The molecule has 2 aromatic heterocycles. The molecule has 10 nitrogen and oxygen atoms in total. The van der Waals surface area contributed by atoms with Gasteiger partial charge in [-0.15, -0.1) is 11.3 Å². The SMILES string of the molecule is Cc1nc(NC/C=C\c2cccc(O)c2)nc(C)c1C(=O)N[C@@H](CNC(=O)c1cccs1)C(=O)O. The summed E-state index contributed by atoms with van der Waals surface area (Å²) in [7, 11) is 0. The summed E-state index contributed by atoms with van der Waals surface area (Å²) in [6.07, 6.45) is 3.67. The molecule has 1 aromatic carbocycles. The van der Waals surface area contributed by atoms with E-state index >= 15 is 0 Å². The topological polar surface area (TPSA) is 154 Å². The van der Waals surface area contributed by atoms with Crippen molar-refractivity contribution in [2.75, 3.05) is 18.4 Å². The molecule has 11 heteroatoms. The summed E-state index contributed by atoms with van der Waals surface area (Å²) >= 11 is 1.23. The van der Waals surface area contributed by atoms with E-state index in [0.717, 1.165) is 5.56 Å². The van der Waals surface area contributed by atoms with Crippen LogP contribution in [0.3, 0.4) is 0 Å². The fourth-order valence-electron chi connectivity index (χ4n) is 3.22. The van der Waals surface area contributed by atoms with E-state index in [4.69, 9.17) is 0 Å². The zero-order valence-electron chi connectivity index (χ0n) is 19.1. The molecule has 0 aliphatic heterocycles. The number of hydrogen-bond acceptors (Lipinski definition) is 8. The van der Waals surface area contributed by atoms with Gasteiger partial charge >= 0.3 is 5.97 Å². The van der Waals surface area contributed by atoms with Crippen molar-refractivity contribution in [3.8, 4) is 5.75 Å². The third kappa shape index (κ3) is 7.11. The largest absolute Gasteiger partial charge is 0.508 e. The Hall–Kier alpha value is -4.25. The van der Waals surface area contributed by atoms with Crippen LogP contribution in [0.5, 0.6) is 5.75 Å². The summed E-state index contributed by atoms with van der Waals surface area (Å²) in [5.74, 6) is -1.84. The highest BCUT2D eigenvalue weighted by Gasteiger charge is 2.24. The van der Waals surface area contributed by atoms with Gasteiger partial charge in [0.15, 0.2) is 0 Å². The van der Waals surface area contributed by atoms with E-state index in [1.165, 1.54) is 11.3 Å². The Kier molecular flexibility index (Phi) is 8.52. The molecule has 0 aliphatic carbocycles. The zero-order chi connectivity index (χ0) is 25.4. The van der Waals surface area contributed by atoms with Gasteiger partial charge in [0, 0.05) is 13.1 Å². The molecule has 5 N–H and O–H groups in total. The predicted octanol–water partition coefficient (Wildman–Crippen LogP) is 2.60. The van der Waals surface area contributed by atoms with Gasteiger partial charge in [0.05, 0.1) is 21.8 Å². The normalized spacial score (nSPS) is 11.7. The Labute approximate surface area is 205 Å². The zero-order valence-corrected chi connectivity index (χ0v) is 19.9. The van der Waals surface area contributed by atoms with E-state index in [9.17, 15) is 24.6 Å². The molecule has 35 heavy (non-hydrogen) atoms. The maximum atomic E-state index is 12.8. The molecule has 2 heterocycles. The van der Waals surface area contributed by atoms with Crippen LogP contribution in [0.25, 0.3) is 6.08 Å². The summed E-state index contributed by atoms with van der Waals surface area (Å²) in [4.78, 5) is 45.6. The summed E-state index contributed by atoms with van der Waals surface area (Å²) in [5, 5.41) is 28.7. The van der Waals surface area contributed by atoms with Crippen LogP contribution in [-0.4, -0.2) is 57.1 Å². The molecular formula is C24H25N5O5S. The van der Waals surface area contributed by atoms with E-state index in [2.05, 4.69) is 25.9 Å². The van der Waals surface area contributed by atoms with Crippen LogP contribution in [0.4, 0.5) is 5.95 Å². The average molecular weight is 496 g/mol. The lowest BCUT2D eigenvalue weighted by Crippen LogP contribution is -2.48. The van der Waals surface area contributed by atoms with E-state index in [0.29, 0.717) is 28.8 Å². The molecule has 0 unspecified atom stereocenters. The number of nitrogens with one attached hydrogen (secondary N) is 3. The number of thiophene rings is 1. The Bertz CT molecular complexity index is 1220. The molecule has 0 fully saturated rings. The summed E-state index contributed by atoms with van der Waals surface area (Å²) in [5.41, 5.74) is 1.76. The smallest absolute Gasteiger partial charge is 0.328 e. The minimum atomic E-state index is -1.33. The van der Waals surface area contributed by atoms with Gasteiger partial charge in [0.2, 0.25) is 5.95 Å². The molecule has 0 radical (unpaired) electrons. The highest BCUT2D eigenvalue weighted by Crippen LogP contribution is 2.14. The number of aromatic nitrogens is 2. The number of carboxylic acids is 1. The van der Waals surface area contributed by atoms with Gasteiger partial charge in [-0.25, -0.2) is 14.8 Å². The molecule has 0 saturated carbocycles. The number of hydrogen-bond donors (Lipinski definition) is 5. The fraction of sp³-hybridized carbons (Fsp3) is 0.208. The van der Waals surface area contributed by atoms with Gasteiger partial charge in [0.1, 0.15) is 11.8 Å². The molecule has 0 bridgehead atoms. The van der Waals surface area contributed by atoms with Crippen molar-refractivity contribution in [3.63, 3.8) is 0 Å². The molecule has 3 rings (SSSR count). The standard InChI is InChI=1S/C24H25N5O5S/c1-14-20(22(32)29-18(23(33)34)13-26-21(31)19-9-5-11-35-19)15(2)28-24(27-14)25-10-4-7-16-6-3-8-17(30)12-16/h3-9,11-12,18,30H,10,13H2,1-2H3,(H,26,31)(H,29,32)(H,33,34)(H,25,27,28)/b7-4-/t18-/m0/s1. The Morgan fingerprint density at radius 3 is 2.46 bits per heavy atom. The quantitative estimate of drug-likeness (QED) is 0.288. The van der Waals surface area contributed by atoms with Crippen LogP contribution in [-0.2, 0) is 4.79 Å². The monoisotopic (exact) mass is 495 g/mol. The summed E-state index contributed by atoms with van der Waals surface area (Å²) in [6.45, 7) is 3.39. The first kappa shape index (κ1) is 25.4. The number of nitrogens with zero attached hydrogens (tertiary/aromatic N) is 2. The van der Waals surface area contributed by atoms with Crippen LogP contribution in [0, 0.1) is 13.8 Å². The highest BCUT2D eigenvalue weighted by molar-refractivity contribution is 7.12. The van der Waals surface area contributed by atoms with Crippen molar-refractivity contribution < 1.29 is 24.6 Å². The van der Waals surface area contributed by atoms with Crippen molar-refractivity contribution in [1.82, 2.24) is 20.6 Å². The predicted molar refractivity (Wildman–Crippen MR) is 133 cm³/mol. The van der Waals surface area contributed by atoms with E-state index in [1.54, 1.807) is 49.6 Å². The molecule has 3 aromatic rings. The highest BCUT2D eigenvalue weighted by atomic mass is 32.1. The van der Waals surface area contributed by atoms with Gasteiger partial charge in [-0.1, -0.05) is 30.4 Å². The maximum absolute atomic E-state index is 12.8. The van der Waals surface area contributed by atoms with E-state index in [1.807, 2.05) is 18.2 Å². The van der Waals surface area contributed by atoms with Crippen LogP contribution in [0.1, 0.15) is 37.0 Å². The van der Waals surface area contributed by atoms with Gasteiger partial charge in [-0.2, -0.15) is 0 Å². The van der Waals surface area contributed by atoms with Crippen LogP contribution in [0.15, 0.2) is 47.9 Å². The van der Waals surface area contributed by atoms with Crippen molar-refractivity contribution in [2.45, 2.75) is 19.9 Å². The minimum absolute atomic E-state index is 0.168. The second-order valence-electron chi connectivity index (χ2n) is 7.52. The van der Waals surface area contributed by atoms with Crippen molar-refractivity contribution in [3.05, 3.63) is 75.2 Å². The number of amides is 2. The number of aryl methyl sites for hydroxylation is 2. The maximum Gasteiger partial charge on any atom is 0.328 e. The molecule has 2 amide bonds. The van der Waals surface area contributed by atoms with Crippen LogP contribution >= 0.6 is 11.3 Å². The summed E-state index contributed by atoms with van der Waals surface area (Å²) in [6, 6.07) is 8.83. The van der Waals surface area contributed by atoms with Crippen molar-refractivity contribution >= 4 is 41.1 Å². The van der Waals surface area contributed by atoms with Crippen LogP contribution in [0.2, 0.25) is 0 Å². The number of aliphatic carboxylic acids is 1. The minimum Gasteiger partial charge on any atom is -0.508 e. The van der Waals surface area contributed by atoms with E-state index in [-0.39, 0.29) is 17.9 Å². The van der Waals surface area contributed by atoms with Gasteiger partial charge in [-0.05, 0) is 43.0 Å². The Balaban J connectivity index is 1.61. The average Bonchev–Trinajstić information content (AvgIpc) is 3.34. The van der Waals surface area contributed by atoms with Crippen molar-refractivity contribution in [1.29, 1.82) is 0 Å². The van der Waals surface area contributed by atoms with Gasteiger partial charge in [0.25, 0.3) is 11.8 Å². The number of aromatic hydroxyl groups is 1. The van der Waals surface area contributed by atoms with Crippen LogP contribution < -0.4 is 16.0 Å². The Morgan fingerprint density at radius 1 is 1.09 bits per heavy atom. The molecule has 0 aliphatic rings. The first-order valence-electron chi connectivity index (χ1n) is 10.6.